The maximum Gasteiger partial charge on any atom is 0.251 e. The van der Waals surface area contributed by atoms with Crippen molar-refractivity contribution in [3.05, 3.63) is 90.0 Å². The van der Waals surface area contributed by atoms with Gasteiger partial charge in [-0.15, -0.1) is 0 Å². The number of rotatable bonds is 6. The minimum Gasteiger partial charge on any atom is -0.346 e. The minimum atomic E-state index is -3.59. The molecule has 0 saturated carbocycles. The Bertz CT molecular complexity index is 1090. The fourth-order valence-corrected chi connectivity index (χ4v) is 3.91. The highest BCUT2D eigenvalue weighted by Crippen LogP contribution is 2.22. The molecule has 5 nitrogen and oxygen atoms in total. The van der Waals surface area contributed by atoms with Crippen molar-refractivity contribution in [2.24, 2.45) is 0 Å². The number of carbonyl (C=O) groups is 1. The second-order valence-electron chi connectivity index (χ2n) is 7.00. The van der Waals surface area contributed by atoms with Crippen LogP contribution in [0.15, 0.2) is 83.8 Å². The summed E-state index contributed by atoms with van der Waals surface area (Å²) in [6.07, 6.45) is 0. The van der Waals surface area contributed by atoms with Crippen molar-refractivity contribution in [1.29, 1.82) is 0 Å². The van der Waals surface area contributed by atoms with Crippen LogP contribution >= 0.6 is 0 Å². The smallest absolute Gasteiger partial charge is 0.251 e. The summed E-state index contributed by atoms with van der Waals surface area (Å²) in [5.74, 6) is -0.319. The molecule has 0 bridgehead atoms. The van der Waals surface area contributed by atoms with Crippen LogP contribution in [0.5, 0.6) is 0 Å². The van der Waals surface area contributed by atoms with Gasteiger partial charge in [0.1, 0.15) is 0 Å². The molecule has 0 aliphatic rings. The van der Waals surface area contributed by atoms with Crippen LogP contribution < -0.4 is 5.32 Å². The van der Waals surface area contributed by atoms with Crippen LogP contribution in [0.4, 0.5) is 0 Å². The van der Waals surface area contributed by atoms with Crippen LogP contribution in [-0.2, 0) is 10.0 Å². The number of nitrogens with one attached hydrogen (secondary N) is 1. The Morgan fingerprint density at radius 2 is 1.48 bits per heavy atom. The van der Waals surface area contributed by atoms with Gasteiger partial charge in [-0.3, -0.25) is 4.79 Å². The molecule has 0 heterocycles. The number of nitrogens with zero attached hydrogens (tertiary/aromatic N) is 1. The number of sulfonamides is 1. The quantitative estimate of drug-likeness (QED) is 0.668. The zero-order chi connectivity index (χ0) is 21.0. The summed E-state index contributed by atoms with van der Waals surface area (Å²) < 4.78 is 25.7. The molecule has 0 aliphatic carbocycles. The third-order valence-corrected chi connectivity index (χ3v) is 6.55. The predicted molar refractivity (Wildman–Crippen MR) is 115 cm³/mol. The van der Waals surface area contributed by atoms with E-state index in [1.807, 2.05) is 49.4 Å². The summed E-state index contributed by atoms with van der Waals surface area (Å²) in [6, 6.07) is 23.9. The van der Waals surface area contributed by atoms with Gasteiger partial charge in [0, 0.05) is 19.7 Å². The maximum atomic E-state index is 12.6. The number of hydrogen-bond donors (Lipinski definition) is 1. The van der Waals surface area contributed by atoms with Gasteiger partial charge in [-0.05, 0) is 41.8 Å². The van der Waals surface area contributed by atoms with Gasteiger partial charge >= 0.3 is 0 Å². The van der Waals surface area contributed by atoms with E-state index < -0.39 is 10.0 Å². The van der Waals surface area contributed by atoms with E-state index in [4.69, 9.17) is 0 Å². The van der Waals surface area contributed by atoms with Crippen molar-refractivity contribution >= 4 is 15.9 Å². The Hall–Kier alpha value is -2.96. The molecule has 0 radical (unpaired) electrons. The molecule has 150 valence electrons. The van der Waals surface area contributed by atoms with E-state index in [0.29, 0.717) is 5.56 Å². The lowest BCUT2D eigenvalue weighted by atomic mass is 10.0. The molecule has 0 aliphatic heterocycles. The summed E-state index contributed by atoms with van der Waals surface area (Å²) in [5.41, 5.74) is 3.51. The van der Waals surface area contributed by atoms with Crippen LogP contribution in [0.1, 0.15) is 28.9 Å². The summed E-state index contributed by atoms with van der Waals surface area (Å²) in [7, 11) is -0.668. The number of amides is 1. The lowest BCUT2D eigenvalue weighted by molar-refractivity contribution is 0.0939. The molecule has 3 aromatic carbocycles. The Morgan fingerprint density at radius 3 is 2.10 bits per heavy atom. The SMILES string of the molecule is C[C@@H](NC(=O)c1cccc(S(=O)(=O)N(C)C)c1)c1ccc(-c2ccccc2)cc1. The first-order valence-corrected chi connectivity index (χ1v) is 10.7. The van der Waals surface area contributed by atoms with Crippen LogP contribution in [-0.4, -0.2) is 32.7 Å². The molecule has 0 unspecified atom stereocenters. The molecule has 1 atom stereocenters. The Kier molecular flexibility index (Phi) is 6.15. The topological polar surface area (TPSA) is 66.5 Å². The van der Waals surface area contributed by atoms with E-state index in [-0.39, 0.29) is 16.8 Å². The number of benzene rings is 3. The molecule has 6 heteroatoms. The fraction of sp³-hybridized carbons (Fsp3) is 0.174. The van der Waals surface area contributed by atoms with Gasteiger partial charge in [-0.2, -0.15) is 0 Å². The summed E-state index contributed by atoms with van der Waals surface area (Å²) in [4.78, 5) is 12.7. The van der Waals surface area contributed by atoms with Gasteiger partial charge < -0.3 is 5.32 Å². The van der Waals surface area contributed by atoms with E-state index in [1.165, 1.54) is 26.2 Å². The van der Waals surface area contributed by atoms with E-state index >= 15 is 0 Å². The largest absolute Gasteiger partial charge is 0.346 e. The average Bonchev–Trinajstić information content (AvgIpc) is 2.74. The first-order valence-electron chi connectivity index (χ1n) is 9.28. The Morgan fingerprint density at radius 1 is 0.862 bits per heavy atom. The van der Waals surface area contributed by atoms with Crippen molar-refractivity contribution in [3.63, 3.8) is 0 Å². The molecule has 1 N–H and O–H groups in total. The van der Waals surface area contributed by atoms with Crippen LogP contribution in [0, 0.1) is 0 Å². The Labute approximate surface area is 172 Å². The normalized spacial score (nSPS) is 12.6. The van der Waals surface area contributed by atoms with E-state index in [2.05, 4.69) is 17.4 Å². The minimum absolute atomic E-state index is 0.0926. The summed E-state index contributed by atoms with van der Waals surface area (Å²) in [5, 5.41) is 2.93. The van der Waals surface area contributed by atoms with Crippen molar-refractivity contribution in [1.82, 2.24) is 9.62 Å². The third kappa shape index (κ3) is 4.72. The van der Waals surface area contributed by atoms with E-state index in [1.54, 1.807) is 12.1 Å². The number of hydrogen-bond acceptors (Lipinski definition) is 3. The van der Waals surface area contributed by atoms with Crippen LogP contribution in [0.2, 0.25) is 0 Å². The van der Waals surface area contributed by atoms with Crippen molar-refractivity contribution in [2.45, 2.75) is 17.9 Å². The van der Waals surface area contributed by atoms with Crippen molar-refractivity contribution in [3.8, 4) is 11.1 Å². The fourth-order valence-electron chi connectivity index (χ4n) is 2.97. The predicted octanol–water partition coefficient (Wildman–Crippen LogP) is 4.09. The van der Waals surface area contributed by atoms with Crippen molar-refractivity contribution in [2.75, 3.05) is 14.1 Å². The molecule has 0 spiro atoms. The van der Waals surface area contributed by atoms with Gasteiger partial charge in [-0.25, -0.2) is 12.7 Å². The molecule has 3 aromatic rings. The molecule has 3 rings (SSSR count). The van der Waals surface area contributed by atoms with E-state index in [0.717, 1.165) is 21.0 Å². The molecule has 29 heavy (non-hydrogen) atoms. The maximum absolute atomic E-state index is 12.6. The van der Waals surface area contributed by atoms with Gasteiger partial charge in [-0.1, -0.05) is 60.7 Å². The summed E-state index contributed by atoms with van der Waals surface area (Å²) >= 11 is 0. The van der Waals surface area contributed by atoms with Crippen LogP contribution in [0.25, 0.3) is 11.1 Å². The highest BCUT2D eigenvalue weighted by Gasteiger charge is 2.19. The van der Waals surface area contributed by atoms with Gasteiger partial charge in [0.05, 0.1) is 10.9 Å². The van der Waals surface area contributed by atoms with Gasteiger partial charge in [0.15, 0.2) is 0 Å². The highest BCUT2D eigenvalue weighted by molar-refractivity contribution is 7.89. The standard InChI is InChI=1S/C23H24N2O3S/c1-17(18-12-14-20(15-13-18)19-8-5-4-6-9-19)24-23(26)21-10-7-11-22(16-21)29(27,28)25(2)3/h4-17H,1-3H3,(H,24,26)/t17-/m1/s1. The molecule has 0 saturated heterocycles. The molecular weight excluding hydrogens is 384 g/mol. The zero-order valence-electron chi connectivity index (χ0n) is 16.7. The monoisotopic (exact) mass is 408 g/mol. The van der Waals surface area contributed by atoms with Gasteiger partial charge in [0.2, 0.25) is 10.0 Å². The van der Waals surface area contributed by atoms with Gasteiger partial charge in [0.25, 0.3) is 5.91 Å². The molecule has 0 aromatic heterocycles. The first-order chi connectivity index (χ1) is 13.8. The zero-order valence-corrected chi connectivity index (χ0v) is 17.5. The first kappa shape index (κ1) is 20.8. The van der Waals surface area contributed by atoms with E-state index in [9.17, 15) is 13.2 Å². The third-order valence-electron chi connectivity index (χ3n) is 4.74. The number of carbonyl (C=O) groups excluding carboxylic acids is 1. The average molecular weight is 409 g/mol. The second-order valence-corrected chi connectivity index (χ2v) is 9.15. The Balaban J connectivity index is 1.74. The summed E-state index contributed by atoms with van der Waals surface area (Å²) in [6.45, 7) is 1.90. The highest BCUT2D eigenvalue weighted by atomic mass is 32.2. The lowest BCUT2D eigenvalue weighted by Crippen LogP contribution is -2.27. The molecule has 1 amide bonds. The van der Waals surface area contributed by atoms with Crippen molar-refractivity contribution < 1.29 is 13.2 Å². The van der Waals surface area contributed by atoms with Crippen LogP contribution in [0.3, 0.4) is 0 Å². The molecule has 0 fully saturated rings. The molecular formula is C23H24N2O3S. The lowest BCUT2D eigenvalue weighted by Gasteiger charge is -2.16. The second kappa shape index (κ2) is 8.59.